The Hall–Kier alpha value is -0.570. The fourth-order valence-electron chi connectivity index (χ4n) is 2.01. The number of epoxide rings is 1. The molecule has 3 heteroatoms. The van der Waals surface area contributed by atoms with E-state index in [1.165, 1.54) is 0 Å². The predicted octanol–water partition coefficient (Wildman–Crippen LogP) is 3.70. The highest BCUT2D eigenvalue weighted by Gasteiger charge is 2.35. The second-order valence-corrected chi connectivity index (χ2v) is 6.20. The van der Waals surface area contributed by atoms with Gasteiger partial charge >= 0.3 is 5.97 Å². The normalized spacial score (nSPS) is 22.9. The van der Waals surface area contributed by atoms with Crippen molar-refractivity contribution in [2.24, 2.45) is 5.41 Å². The van der Waals surface area contributed by atoms with Crippen molar-refractivity contribution in [3.05, 3.63) is 0 Å². The van der Waals surface area contributed by atoms with Gasteiger partial charge in [-0.3, -0.25) is 4.79 Å². The summed E-state index contributed by atoms with van der Waals surface area (Å²) in [6.45, 7) is 9.07. The van der Waals surface area contributed by atoms with Gasteiger partial charge in [-0.1, -0.05) is 33.6 Å². The van der Waals surface area contributed by atoms with Crippen molar-refractivity contribution in [3.63, 3.8) is 0 Å². The molecule has 2 atom stereocenters. The number of unbranched alkanes of at least 4 members (excludes halogenated alkanes) is 2. The van der Waals surface area contributed by atoms with Crippen LogP contribution in [-0.2, 0) is 14.3 Å². The predicted molar refractivity (Wildman–Crippen MR) is 72.5 cm³/mol. The SMILES string of the molecule is CCCCCC(=O)OCC(C)(C)CCC1OC1C. The number of hydrogen-bond donors (Lipinski definition) is 0. The second-order valence-electron chi connectivity index (χ2n) is 6.20. The van der Waals surface area contributed by atoms with Gasteiger partial charge in [-0.05, 0) is 31.6 Å². The van der Waals surface area contributed by atoms with Gasteiger partial charge in [0, 0.05) is 6.42 Å². The maximum atomic E-state index is 11.5. The van der Waals surface area contributed by atoms with Crippen LogP contribution in [0.25, 0.3) is 0 Å². The number of rotatable bonds is 9. The summed E-state index contributed by atoms with van der Waals surface area (Å²) in [6, 6.07) is 0. The molecule has 0 saturated carbocycles. The molecule has 0 aromatic heterocycles. The average molecular weight is 256 g/mol. The first kappa shape index (κ1) is 15.5. The van der Waals surface area contributed by atoms with E-state index < -0.39 is 0 Å². The maximum absolute atomic E-state index is 11.5. The molecule has 0 spiro atoms. The fourth-order valence-corrected chi connectivity index (χ4v) is 2.01. The first-order chi connectivity index (χ1) is 8.44. The molecule has 1 rings (SSSR count). The molecule has 0 aromatic rings. The number of carbonyl (C=O) groups is 1. The van der Waals surface area contributed by atoms with E-state index in [2.05, 4.69) is 27.7 Å². The molecule has 106 valence electrons. The van der Waals surface area contributed by atoms with Crippen LogP contribution in [-0.4, -0.2) is 24.8 Å². The van der Waals surface area contributed by atoms with Crippen LogP contribution >= 0.6 is 0 Å². The summed E-state index contributed by atoms with van der Waals surface area (Å²) < 4.78 is 10.7. The van der Waals surface area contributed by atoms with Crippen LogP contribution in [0.2, 0.25) is 0 Å². The molecule has 1 fully saturated rings. The van der Waals surface area contributed by atoms with E-state index in [-0.39, 0.29) is 11.4 Å². The van der Waals surface area contributed by atoms with Crippen LogP contribution in [0.15, 0.2) is 0 Å². The Morgan fingerprint density at radius 2 is 2.00 bits per heavy atom. The van der Waals surface area contributed by atoms with E-state index in [1.54, 1.807) is 0 Å². The zero-order valence-corrected chi connectivity index (χ0v) is 12.3. The Labute approximate surface area is 111 Å². The quantitative estimate of drug-likeness (QED) is 0.359. The third-order valence-corrected chi connectivity index (χ3v) is 3.55. The number of esters is 1. The van der Waals surface area contributed by atoms with E-state index in [0.29, 0.717) is 25.2 Å². The van der Waals surface area contributed by atoms with Crippen molar-refractivity contribution in [2.75, 3.05) is 6.61 Å². The van der Waals surface area contributed by atoms with Crippen LogP contribution in [0.3, 0.4) is 0 Å². The minimum Gasteiger partial charge on any atom is -0.465 e. The van der Waals surface area contributed by atoms with Crippen LogP contribution in [0.5, 0.6) is 0 Å². The summed E-state index contributed by atoms with van der Waals surface area (Å²) in [5, 5.41) is 0. The average Bonchev–Trinajstić information content (AvgIpc) is 3.01. The molecular formula is C15H28O3. The third kappa shape index (κ3) is 6.39. The molecular weight excluding hydrogens is 228 g/mol. The van der Waals surface area contributed by atoms with Gasteiger partial charge in [0.15, 0.2) is 0 Å². The summed E-state index contributed by atoms with van der Waals surface area (Å²) in [5.74, 6) is -0.0486. The maximum Gasteiger partial charge on any atom is 0.305 e. The van der Waals surface area contributed by atoms with Gasteiger partial charge in [0.2, 0.25) is 0 Å². The minimum absolute atomic E-state index is 0.0486. The lowest BCUT2D eigenvalue weighted by Gasteiger charge is -2.23. The van der Waals surface area contributed by atoms with Gasteiger partial charge in [0.05, 0.1) is 18.8 Å². The highest BCUT2D eigenvalue weighted by Crippen LogP contribution is 2.31. The van der Waals surface area contributed by atoms with Crippen molar-refractivity contribution >= 4 is 5.97 Å². The molecule has 0 N–H and O–H groups in total. The molecule has 0 aromatic carbocycles. The molecule has 1 aliphatic rings. The lowest BCUT2D eigenvalue weighted by atomic mass is 9.88. The molecule has 2 unspecified atom stereocenters. The molecule has 0 radical (unpaired) electrons. The van der Waals surface area contributed by atoms with Crippen LogP contribution in [0.4, 0.5) is 0 Å². The summed E-state index contributed by atoms with van der Waals surface area (Å²) in [4.78, 5) is 11.5. The van der Waals surface area contributed by atoms with E-state index in [0.717, 1.165) is 32.1 Å². The Kier molecular flexibility index (Phi) is 6.13. The molecule has 0 bridgehead atoms. The highest BCUT2D eigenvalue weighted by molar-refractivity contribution is 5.69. The summed E-state index contributed by atoms with van der Waals surface area (Å²) in [5.41, 5.74) is 0.0616. The Balaban J connectivity index is 2.09. The Bertz CT molecular complexity index is 260. The van der Waals surface area contributed by atoms with Gasteiger partial charge in [-0.15, -0.1) is 0 Å². The van der Waals surface area contributed by atoms with Crippen molar-refractivity contribution < 1.29 is 14.3 Å². The number of ether oxygens (including phenoxy) is 2. The van der Waals surface area contributed by atoms with E-state index in [4.69, 9.17) is 9.47 Å². The van der Waals surface area contributed by atoms with Gasteiger partial charge < -0.3 is 9.47 Å². The smallest absolute Gasteiger partial charge is 0.305 e. The van der Waals surface area contributed by atoms with Crippen molar-refractivity contribution in [3.8, 4) is 0 Å². The van der Waals surface area contributed by atoms with Gasteiger partial charge in [-0.25, -0.2) is 0 Å². The fraction of sp³-hybridized carbons (Fsp3) is 0.933. The van der Waals surface area contributed by atoms with Crippen molar-refractivity contribution in [1.82, 2.24) is 0 Å². The monoisotopic (exact) mass is 256 g/mol. The molecule has 18 heavy (non-hydrogen) atoms. The second kappa shape index (κ2) is 7.13. The van der Waals surface area contributed by atoms with Crippen LogP contribution < -0.4 is 0 Å². The van der Waals surface area contributed by atoms with Crippen molar-refractivity contribution in [2.45, 2.75) is 78.4 Å². The van der Waals surface area contributed by atoms with E-state index in [9.17, 15) is 4.79 Å². The molecule has 1 saturated heterocycles. The van der Waals surface area contributed by atoms with E-state index in [1.807, 2.05) is 0 Å². The lowest BCUT2D eigenvalue weighted by Crippen LogP contribution is -2.22. The first-order valence-corrected chi connectivity index (χ1v) is 7.26. The topological polar surface area (TPSA) is 38.8 Å². The van der Waals surface area contributed by atoms with Crippen molar-refractivity contribution in [1.29, 1.82) is 0 Å². The minimum atomic E-state index is -0.0486. The highest BCUT2D eigenvalue weighted by atomic mass is 16.6. The van der Waals surface area contributed by atoms with Gasteiger partial charge in [-0.2, -0.15) is 0 Å². The zero-order chi connectivity index (χ0) is 13.6. The summed E-state index contributed by atoms with van der Waals surface area (Å²) in [7, 11) is 0. The number of carbonyl (C=O) groups excluding carboxylic acids is 1. The summed E-state index contributed by atoms with van der Waals surface area (Å²) in [6.07, 6.45) is 6.73. The standard InChI is InChI=1S/C15H28O3/c1-5-6-7-8-14(16)17-11-15(3,4)10-9-13-12(2)18-13/h12-13H,5-11H2,1-4H3. The summed E-state index contributed by atoms with van der Waals surface area (Å²) >= 11 is 0. The Morgan fingerprint density at radius 1 is 1.33 bits per heavy atom. The molecule has 1 aliphatic heterocycles. The lowest BCUT2D eigenvalue weighted by molar-refractivity contribution is -0.147. The van der Waals surface area contributed by atoms with Crippen LogP contribution in [0.1, 0.15) is 66.2 Å². The first-order valence-electron chi connectivity index (χ1n) is 7.26. The van der Waals surface area contributed by atoms with E-state index >= 15 is 0 Å². The molecule has 0 aliphatic carbocycles. The molecule has 3 nitrogen and oxygen atoms in total. The zero-order valence-electron chi connectivity index (χ0n) is 12.3. The third-order valence-electron chi connectivity index (χ3n) is 3.55. The molecule has 0 amide bonds. The molecule has 1 heterocycles. The van der Waals surface area contributed by atoms with Crippen LogP contribution in [0, 0.1) is 5.41 Å². The van der Waals surface area contributed by atoms with Gasteiger partial charge in [0.1, 0.15) is 0 Å². The number of hydrogen-bond acceptors (Lipinski definition) is 3. The largest absolute Gasteiger partial charge is 0.465 e. The van der Waals surface area contributed by atoms with Gasteiger partial charge in [0.25, 0.3) is 0 Å². The Morgan fingerprint density at radius 3 is 2.56 bits per heavy atom.